The van der Waals surface area contributed by atoms with Crippen molar-refractivity contribution in [3.8, 4) is 0 Å². The highest BCUT2D eigenvalue weighted by Gasteiger charge is 2.40. The Kier molecular flexibility index (Phi) is 4.27. The fourth-order valence-electron chi connectivity index (χ4n) is 3.37. The lowest BCUT2D eigenvalue weighted by molar-refractivity contribution is -0.0628. The minimum atomic E-state index is 0.160. The van der Waals surface area contributed by atoms with Gasteiger partial charge in [0.2, 0.25) is 0 Å². The zero-order valence-corrected chi connectivity index (χ0v) is 13.3. The molecule has 2 aliphatic heterocycles. The van der Waals surface area contributed by atoms with Crippen LogP contribution in [0.15, 0.2) is 24.3 Å². The Morgan fingerprint density at radius 3 is 2.95 bits per heavy atom. The smallest absolute Gasteiger partial charge is 0.0799 e. The van der Waals surface area contributed by atoms with Gasteiger partial charge in [0.15, 0.2) is 0 Å². The Balaban J connectivity index is 1.71. The van der Waals surface area contributed by atoms with Crippen molar-refractivity contribution in [3.05, 3.63) is 29.8 Å². The fraction of sp³-hybridized carbons (Fsp3) is 0.647. The van der Waals surface area contributed by atoms with Gasteiger partial charge >= 0.3 is 0 Å². The van der Waals surface area contributed by atoms with E-state index in [1.807, 2.05) is 11.8 Å². The molecule has 2 aliphatic rings. The van der Waals surface area contributed by atoms with Crippen LogP contribution in [0.4, 0.5) is 5.69 Å². The van der Waals surface area contributed by atoms with E-state index in [0.717, 1.165) is 19.4 Å². The van der Waals surface area contributed by atoms with Crippen LogP contribution in [0.3, 0.4) is 0 Å². The van der Waals surface area contributed by atoms with E-state index in [-0.39, 0.29) is 5.60 Å². The standard InChI is InChI=1S/C17H25NOS/c1-13(2)15-5-3-4-6-16(15)18-14-7-9-19-17(11-14)8-10-20-12-17/h3-6,13-14,18H,7-12H2,1-2H3. The first kappa shape index (κ1) is 14.3. The maximum absolute atomic E-state index is 6.11. The Labute approximate surface area is 126 Å². The van der Waals surface area contributed by atoms with Gasteiger partial charge in [-0.25, -0.2) is 0 Å². The summed E-state index contributed by atoms with van der Waals surface area (Å²) < 4.78 is 6.11. The number of benzene rings is 1. The molecule has 0 saturated carbocycles. The summed E-state index contributed by atoms with van der Waals surface area (Å²) in [5.41, 5.74) is 2.90. The molecule has 3 rings (SSSR count). The SMILES string of the molecule is CC(C)c1ccccc1NC1CCOC2(CCSC2)C1. The predicted molar refractivity (Wildman–Crippen MR) is 87.8 cm³/mol. The van der Waals surface area contributed by atoms with Crippen molar-refractivity contribution in [2.75, 3.05) is 23.4 Å². The van der Waals surface area contributed by atoms with Gasteiger partial charge in [0.1, 0.15) is 0 Å². The van der Waals surface area contributed by atoms with Crippen LogP contribution in [-0.2, 0) is 4.74 Å². The van der Waals surface area contributed by atoms with Crippen molar-refractivity contribution >= 4 is 17.4 Å². The first-order chi connectivity index (χ1) is 9.69. The third-order valence-electron chi connectivity index (χ3n) is 4.50. The Morgan fingerprint density at radius 2 is 2.20 bits per heavy atom. The van der Waals surface area contributed by atoms with Crippen molar-refractivity contribution in [2.24, 2.45) is 0 Å². The van der Waals surface area contributed by atoms with Gasteiger partial charge in [0.25, 0.3) is 0 Å². The second-order valence-corrected chi connectivity index (χ2v) is 7.52. The van der Waals surface area contributed by atoms with Crippen LogP contribution < -0.4 is 5.32 Å². The van der Waals surface area contributed by atoms with Gasteiger partial charge in [0, 0.05) is 24.1 Å². The molecule has 2 atom stereocenters. The fourth-order valence-corrected chi connectivity index (χ4v) is 4.74. The quantitative estimate of drug-likeness (QED) is 0.898. The van der Waals surface area contributed by atoms with E-state index in [4.69, 9.17) is 4.74 Å². The van der Waals surface area contributed by atoms with Crippen molar-refractivity contribution in [3.63, 3.8) is 0 Å². The summed E-state index contributed by atoms with van der Waals surface area (Å²) in [5, 5.41) is 3.79. The van der Waals surface area contributed by atoms with E-state index in [1.54, 1.807) is 0 Å². The van der Waals surface area contributed by atoms with Crippen molar-refractivity contribution in [1.29, 1.82) is 0 Å². The highest BCUT2D eigenvalue weighted by atomic mass is 32.2. The molecule has 2 nitrogen and oxygen atoms in total. The van der Waals surface area contributed by atoms with Gasteiger partial charge in [-0.1, -0.05) is 32.0 Å². The lowest BCUT2D eigenvalue weighted by Gasteiger charge is -2.38. The molecule has 1 aromatic carbocycles. The predicted octanol–water partition coefficient (Wildman–Crippen LogP) is 4.28. The van der Waals surface area contributed by atoms with E-state index < -0.39 is 0 Å². The van der Waals surface area contributed by atoms with E-state index >= 15 is 0 Å². The molecule has 1 spiro atoms. The minimum absolute atomic E-state index is 0.160. The summed E-state index contributed by atoms with van der Waals surface area (Å²) in [7, 11) is 0. The van der Waals surface area contributed by atoms with Gasteiger partial charge in [-0.05, 0) is 42.6 Å². The maximum Gasteiger partial charge on any atom is 0.0799 e. The number of para-hydroxylation sites is 1. The normalized spacial score (nSPS) is 30.1. The third kappa shape index (κ3) is 2.99. The lowest BCUT2D eigenvalue weighted by Crippen LogP contribution is -2.44. The third-order valence-corrected chi connectivity index (χ3v) is 5.73. The first-order valence-corrected chi connectivity index (χ1v) is 8.91. The summed E-state index contributed by atoms with van der Waals surface area (Å²) in [6.07, 6.45) is 3.51. The van der Waals surface area contributed by atoms with Gasteiger partial charge in [-0.2, -0.15) is 11.8 Å². The molecule has 110 valence electrons. The van der Waals surface area contributed by atoms with E-state index in [9.17, 15) is 0 Å². The largest absolute Gasteiger partial charge is 0.382 e. The van der Waals surface area contributed by atoms with Gasteiger partial charge in [0.05, 0.1) is 5.60 Å². The minimum Gasteiger partial charge on any atom is -0.382 e. The second kappa shape index (κ2) is 5.98. The molecule has 0 radical (unpaired) electrons. The average Bonchev–Trinajstić information content (AvgIpc) is 2.87. The number of hydrogen-bond donors (Lipinski definition) is 1. The van der Waals surface area contributed by atoms with Crippen LogP contribution in [0.1, 0.15) is 44.6 Å². The summed E-state index contributed by atoms with van der Waals surface area (Å²) in [6, 6.07) is 9.30. The summed E-state index contributed by atoms with van der Waals surface area (Å²) in [5.74, 6) is 3.00. The van der Waals surface area contributed by atoms with Crippen LogP contribution in [-0.4, -0.2) is 29.8 Å². The van der Waals surface area contributed by atoms with E-state index in [0.29, 0.717) is 12.0 Å². The molecule has 2 unspecified atom stereocenters. The second-order valence-electron chi connectivity index (χ2n) is 6.41. The molecule has 0 amide bonds. The molecular formula is C17H25NOS. The van der Waals surface area contributed by atoms with Gasteiger partial charge in [-0.3, -0.25) is 0 Å². The van der Waals surface area contributed by atoms with E-state index in [1.165, 1.54) is 29.2 Å². The molecule has 20 heavy (non-hydrogen) atoms. The molecule has 3 heteroatoms. The van der Waals surface area contributed by atoms with Crippen LogP contribution >= 0.6 is 11.8 Å². The molecule has 1 aromatic rings. The van der Waals surface area contributed by atoms with Crippen LogP contribution in [0.25, 0.3) is 0 Å². The number of anilines is 1. The summed E-state index contributed by atoms with van der Waals surface area (Å²) >= 11 is 2.04. The number of rotatable bonds is 3. The Morgan fingerprint density at radius 1 is 1.35 bits per heavy atom. The Hall–Kier alpha value is -0.670. The van der Waals surface area contributed by atoms with Crippen molar-refractivity contribution in [2.45, 2.75) is 50.7 Å². The molecule has 0 bridgehead atoms. The molecule has 0 aromatic heterocycles. The maximum atomic E-state index is 6.11. The first-order valence-electron chi connectivity index (χ1n) is 7.76. The topological polar surface area (TPSA) is 21.3 Å². The zero-order valence-electron chi connectivity index (χ0n) is 12.5. The Bertz CT molecular complexity index is 454. The molecular weight excluding hydrogens is 266 g/mol. The van der Waals surface area contributed by atoms with Crippen molar-refractivity contribution in [1.82, 2.24) is 0 Å². The zero-order chi connectivity index (χ0) is 14.0. The van der Waals surface area contributed by atoms with Crippen LogP contribution in [0.5, 0.6) is 0 Å². The summed E-state index contributed by atoms with van der Waals surface area (Å²) in [6.45, 7) is 5.43. The van der Waals surface area contributed by atoms with Gasteiger partial charge < -0.3 is 10.1 Å². The number of nitrogens with one attached hydrogen (secondary N) is 1. The number of hydrogen-bond acceptors (Lipinski definition) is 3. The lowest BCUT2D eigenvalue weighted by atomic mass is 9.89. The van der Waals surface area contributed by atoms with Crippen molar-refractivity contribution < 1.29 is 4.74 Å². The molecule has 1 N–H and O–H groups in total. The highest BCUT2D eigenvalue weighted by molar-refractivity contribution is 7.99. The van der Waals surface area contributed by atoms with Crippen LogP contribution in [0, 0.1) is 0 Å². The van der Waals surface area contributed by atoms with Crippen LogP contribution in [0.2, 0.25) is 0 Å². The number of ether oxygens (including phenoxy) is 1. The molecule has 2 heterocycles. The molecule has 0 aliphatic carbocycles. The summed E-state index contributed by atoms with van der Waals surface area (Å²) in [4.78, 5) is 0. The van der Waals surface area contributed by atoms with E-state index in [2.05, 4.69) is 43.4 Å². The molecule has 2 fully saturated rings. The molecule has 2 saturated heterocycles. The van der Waals surface area contributed by atoms with Gasteiger partial charge in [-0.15, -0.1) is 0 Å². The highest BCUT2D eigenvalue weighted by Crippen LogP contribution is 2.39. The number of thioether (sulfide) groups is 1. The average molecular weight is 291 g/mol. The monoisotopic (exact) mass is 291 g/mol.